The molecule has 0 amide bonds. The van der Waals surface area contributed by atoms with Crippen molar-refractivity contribution in [3.63, 3.8) is 0 Å². The van der Waals surface area contributed by atoms with Crippen molar-refractivity contribution in [3.8, 4) is 11.6 Å². The largest absolute Gasteiger partial charge is 0.463 e. The van der Waals surface area contributed by atoms with Gasteiger partial charge in [0.1, 0.15) is 0 Å². The zero-order valence-electron chi connectivity index (χ0n) is 9.96. The summed E-state index contributed by atoms with van der Waals surface area (Å²) in [7, 11) is 1.25. The minimum Gasteiger partial charge on any atom is -0.463 e. The molecule has 0 bridgehead atoms. The molecule has 0 radical (unpaired) electrons. The second kappa shape index (κ2) is 5.53. The summed E-state index contributed by atoms with van der Waals surface area (Å²) in [5.41, 5.74) is 6.12. The number of anilines is 1. The van der Waals surface area contributed by atoms with Gasteiger partial charge in [-0.2, -0.15) is 4.98 Å². The van der Waals surface area contributed by atoms with Gasteiger partial charge in [0.05, 0.1) is 12.8 Å². The van der Waals surface area contributed by atoms with Crippen molar-refractivity contribution >= 4 is 23.3 Å². The van der Waals surface area contributed by atoms with E-state index in [4.69, 9.17) is 22.1 Å². The maximum atomic E-state index is 11.3. The predicted molar refractivity (Wildman–Crippen MR) is 69.3 cm³/mol. The molecule has 0 unspecified atom stereocenters. The fourth-order valence-electron chi connectivity index (χ4n) is 1.31. The molecule has 7 heteroatoms. The number of aromatic nitrogens is 2. The fraction of sp³-hybridized carbons (Fsp3) is 0.0833. The first-order valence-corrected chi connectivity index (χ1v) is 5.62. The molecule has 0 spiro atoms. The van der Waals surface area contributed by atoms with Gasteiger partial charge < -0.3 is 15.2 Å². The number of nitrogens with zero attached hydrogens (tertiary/aromatic N) is 2. The first-order chi connectivity index (χ1) is 9.10. The number of methoxy groups -OCH3 is 1. The Kier molecular flexibility index (Phi) is 3.82. The molecule has 0 atom stereocenters. The zero-order chi connectivity index (χ0) is 13.8. The van der Waals surface area contributed by atoms with Crippen LogP contribution in [0.3, 0.4) is 0 Å². The summed E-state index contributed by atoms with van der Waals surface area (Å²) < 4.78 is 9.98. The van der Waals surface area contributed by atoms with Crippen molar-refractivity contribution in [2.24, 2.45) is 0 Å². The normalized spacial score (nSPS) is 10.0. The maximum Gasteiger partial charge on any atom is 0.376 e. The molecular weight excluding hydrogens is 270 g/mol. The van der Waals surface area contributed by atoms with E-state index in [9.17, 15) is 4.79 Å². The summed E-state index contributed by atoms with van der Waals surface area (Å²) in [6.45, 7) is 0. The van der Waals surface area contributed by atoms with Crippen LogP contribution in [-0.2, 0) is 4.74 Å². The highest BCUT2D eigenvalue weighted by Gasteiger charge is 2.11. The van der Waals surface area contributed by atoms with Gasteiger partial charge in [0.2, 0.25) is 11.7 Å². The molecule has 0 aliphatic heterocycles. The lowest BCUT2D eigenvalue weighted by Crippen LogP contribution is -2.07. The van der Waals surface area contributed by atoms with Crippen LogP contribution in [-0.4, -0.2) is 23.0 Å². The van der Waals surface area contributed by atoms with Crippen LogP contribution in [0.5, 0.6) is 11.6 Å². The van der Waals surface area contributed by atoms with Gasteiger partial charge >= 0.3 is 5.97 Å². The van der Waals surface area contributed by atoms with E-state index >= 15 is 0 Å². The Hall–Kier alpha value is -2.34. The monoisotopic (exact) mass is 279 g/mol. The summed E-state index contributed by atoms with van der Waals surface area (Å²) in [5, 5.41) is 0.503. The summed E-state index contributed by atoms with van der Waals surface area (Å²) in [6.07, 6.45) is 1.39. The Morgan fingerprint density at radius 1 is 1.37 bits per heavy atom. The van der Waals surface area contributed by atoms with Gasteiger partial charge in [-0.25, -0.2) is 9.78 Å². The highest BCUT2D eigenvalue weighted by molar-refractivity contribution is 6.30. The van der Waals surface area contributed by atoms with Crippen LogP contribution >= 0.6 is 11.6 Å². The molecule has 0 fully saturated rings. The van der Waals surface area contributed by atoms with Crippen LogP contribution in [0, 0.1) is 0 Å². The van der Waals surface area contributed by atoms with E-state index in [1.54, 1.807) is 18.2 Å². The van der Waals surface area contributed by atoms with Crippen LogP contribution in [0.1, 0.15) is 10.6 Å². The average molecular weight is 280 g/mol. The second-order valence-corrected chi connectivity index (χ2v) is 3.93. The van der Waals surface area contributed by atoms with Crippen LogP contribution < -0.4 is 10.5 Å². The summed E-state index contributed by atoms with van der Waals surface area (Å²) in [4.78, 5) is 19.0. The molecule has 0 aliphatic carbocycles. The van der Waals surface area contributed by atoms with Crippen LogP contribution in [0.15, 0.2) is 30.5 Å². The van der Waals surface area contributed by atoms with Gasteiger partial charge in [-0.3, -0.25) is 0 Å². The summed E-state index contributed by atoms with van der Waals surface area (Å²) >= 11 is 5.78. The average Bonchev–Trinajstić information content (AvgIpc) is 2.41. The Bertz CT molecular complexity index is 619. The number of ether oxygens (including phenoxy) is 2. The summed E-state index contributed by atoms with van der Waals surface area (Å²) in [6, 6.07) is 6.30. The smallest absolute Gasteiger partial charge is 0.376 e. The van der Waals surface area contributed by atoms with Gasteiger partial charge in [0, 0.05) is 17.3 Å². The van der Waals surface area contributed by atoms with E-state index in [1.165, 1.54) is 19.4 Å². The van der Waals surface area contributed by atoms with E-state index in [1.807, 2.05) is 0 Å². The molecule has 2 rings (SSSR count). The third-order valence-electron chi connectivity index (χ3n) is 2.18. The zero-order valence-corrected chi connectivity index (χ0v) is 10.7. The minimum absolute atomic E-state index is 0.0902. The molecule has 2 aromatic rings. The molecule has 2 N–H and O–H groups in total. The lowest BCUT2D eigenvalue weighted by Gasteiger charge is -2.08. The summed E-state index contributed by atoms with van der Waals surface area (Å²) in [5.74, 6) is -0.162. The van der Waals surface area contributed by atoms with E-state index in [0.717, 1.165) is 0 Å². The van der Waals surface area contributed by atoms with Crippen molar-refractivity contribution < 1.29 is 14.3 Å². The maximum absolute atomic E-state index is 11.3. The van der Waals surface area contributed by atoms with E-state index in [2.05, 4.69) is 14.7 Å². The molecule has 0 aliphatic rings. The Balaban J connectivity index is 2.26. The second-order valence-electron chi connectivity index (χ2n) is 3.49. The third-order valence-corrected chi connectivity index (χ3v) is 2.42. The van der Waals surface area contributed by atoms with Crippen molar-refractivity contribution in [1.82, 2.24) is 9.97 Å². The van der Waals surface area contributed by atoms with Crippen molar-refractivity contribution in [2.75, 3.05) is 12.8 Å². The van der Waals surface area contributed by atoms with E-state index in [-0.39, 0.29) is 11.7 Å². The molecule has 19 heavy (non-hydrogen) atoms. The highest BCUT2D eigenvalue weighted by Crippen LogP contribution is 2.28. The SMILES string of the molecule is COC(=O)c1nccc(Oc2ccc(Cl)cc2N)n1. The topological polar surface area (TPSA) is 87.3 Å². The lowest BCUT2D eigenvalue weighted by atomic mass is 10.3. The lowest BCUT2D eigenvalue weighted by molar-refractivity contribution is 0.0585. The number of nitrogen functional groups attached to an aromatic ring is 1. The number of rotatable bonds is 3. The minimum atomic E-state index is -0.644. The van der Waals surface area contributed by atoms with Gasteiger partial charge in [-0.05, 0) is 18.2 Å². The van der Waals surface area contributed by atoms with Gasteiger partial charge in [-0.1, -0.05) is 11.6 Å². The number of benzene rings is 1. The van der Waals surface area contributed by atoms with Gasteiger partial charge in [0.25, 0.3) is 0 Å². The van der Waals surface area contributed by atoms with E-state index < -0.39 is 5.97 Å². The number of esters is 1. The van der Waals surface area contributed by atoms with Gasteiger partial charge in [0.15, 0.2) is 5.75 Å². The van der Waals surface area contributed by atoms with Crippen LogP contribution in [0.4, 0.5) is 5.69 Å². The molecular formula is C12H10ClN3O3. The van der Waals surface area contributed by atoms with Crippen molar-refractivity contribution in [2.45, 2.75) is 0 Å². The van der Waals surface area contributed by atoms with Crippen molar-refractivity contribution in [1.29, 1.82) is 0 Å². The Morgan fingerprint density at radius 3 is 2.84 bits per heavy atom. The molecule has 1 aromatic carbocycles. The molecule has 1 heterocycles. The molecule has 1 aromatic heterocycles. The predicted octanol–water partition coefficient (Wildman–Crippen LogP) is 2.29. The van der Waals surface area contributed by atoms with Crippen LogP contribution in [0.25, 0.3) is 0 Å². The highest BCUT2D eigenvalue weighted by atomic mass is 35.5. The number of carbonyl (C=O) groups excluding carboxylic acids is 1. The first kappa shape index (κ1) is 13.1. The molecule has 6 nitrogen and oxygen atoms in total. The number of carbonyl (C=O) groups is 1. The Morgan fingerprint density at radius 2 is 2.16 bits per heavy atom. The van der Waals surface area contributed by atoms with Crippen LogP contribution in [0.2, 0.25) is 5.02 Å². The molecule has 98 valence electrons. The first-order valence-electron chi connectivity index (χ1n) is 5.24. The van der Waals surface area contributed by atoms with E-state index in [0.29, 0.717) is 16.5 Å². The standard InChI is InChI=1S/C12H10ClN3O3/c1-18-12(17)11-15-5-4-10(16-11)19-9-3-2-7(13)6-8(9)14/h2-6H,14H2,1H3. The fourth-order valence-corrected chi connectivity index (χ4v) is 1.49. The number of hydrogen-bond acceptors (Lipinski definition) is 6. The number of halogens is 1. The van der Waals surface area contributed by atoms with Gasteiger partial charge in [-0.15, -0.1) is 0 Å². The molecule has 0 saturated heterocycles. The quantitative estimate of drug-likeness (QED) is 0.685. The number of nitrogens with two attached hydrogens (primary N) is 1. The third kappa shape index (κ3) is 3.11. The van der Waals surface area contributed by atoms with Crippen molar-refractivity contribution in [3.05, 3.63) is 41.3 Å². The Labute approximate surface area is 114 Å². The number of hydrogen-bond donors (Lipinski definition) is 1. The molecule has 0 saturated carbocycles.